The number of carbonyl (C=O) groups is 1. The summed E-state index contributed by atoms with van der Waals surface area (Å²) in [6, 6.07) is 7.67. The number of ether oxygens (including phenoxy) is 1. The monoisotopic (exact) mass is 314 g/mol. The van der Waals surface area contributed by atoms with Gasteiger partial charge in [-0.05, 0) is 44.0 Å². The highest BCUT2D eigenvalue weighted by atomic mass is 16.5. The lowest BCUT2D eigenvalue weighted by Crippen LogP contribution is -2.40. The lowest BCUT2D eigenvalue weighted by molar-refractivity contribution is -0.147. The van der Waals surface area contributed by atoms with E-state index in [1.807, 2.05) is 31.2 Å². The Hall–Kier alpha value is -2.21. The van der Waals surface area contributed by atoms with Gasteiger partial charge in [0.2, 0.25) is 0 Å². The molecule has 6 heteroatoms. The van der Waals surface area contributed by atoms with Gasteiger partial charge < -0.3 is 4.74 Å². The van der Waals surface area contributed by atoms with Crippen molar-refractivity contribution in [2.45, 2.75) is 31.7 Å². The second-order valence-electron chi connectivity index (χ2n) is 5.96. The zero-order valence-electron chi connectivity index (χ0n) is 13.5. The Labute approximate surface area is 135 Å². The number of nitrogens with one attached hydrogen (secondary N) is 1. The highest BCUT2D eigenvalue weighted by Crippen LogP contribution is 2.32. The van der Waals surface area contributed by atoms with Gasteiger partial charge in [-0.25, -0.2) is 9.78 Å². The van der Waals surface area contributed by atoms with Crippen LogP contribution in [0.3, 0.4) is 0 Å². The second kappa shape index (κ2) is 6.91. The SMILES string of the molecule is COC(=O)[C@@H](c1ccccc1C)N1CCC(c2ncn[nH]2)CC1. The Kier molecular flexibility index (Phi) is 4.71. The molecule has 0 saturated carbocycles. The molecule has 1 saturated heterocycles. The minimum atomic E-state index is -0.336. The van der Waals surface area contributed by atoms with E-state index < -0.39 is 0 Å². The Morgan fingerprint density at radius 3 is 2.70 bits per heavy atom. The molecule has 0 aliphatic carbocycles. The number of methoxy groups -OCH3 is 1. The van der Waals surface area contributed by atoms with Crippen LogP contribution in [0.25, 0.3) is 0 Å². The van der Waals surface area contributed by atoms with Crippen LogP contribution in [0.5, 0.6) is 0 Å². The molecular formula is C17H22N4O2. The van der Waals surface area contributed by atoms with Gasteiger partial charge in [0.05, 0.1) is 7.11 Å². The van der Waals surface area contributed by atoms with E-state index in [2.05, 4.69) is 20.1 Å². The molecule has 0 spiro atoms. The predicted octanol–water partition coefficient (Wildman–Crippen LogP) is 2.21. The fourth-order valence-electron chi connectivity index (χ4n) is 3.32. The average Bonchev–Trinajstić information content (AvgIpc) is 3.12. The zero-order valence-corrected chi connectivity index (χ0v) is 13.5. The van der Waals surface area contributed by atoms with Crippen molar-refractivity contribution in [1.82, 2.24) is 20.1 Å². The standard InChI is InChI=1S/C17H22N4O2/c1-12-5-3-4-6-14(12)15(17(22)23-2)21-9-7-13(8-10-21)16-18-11-19-20-16/h3-6,11,13,15H,7-10H2,1-2H3,(H,18,19,20)/t15-/m1/s1. The highest BCUT2D eigenvalue weighted by Gasteiger charge is 2.33. The molecule has 6 nitrogen and oxygen atoms in total. The van der Waals surface area contributed by atoms with Crippen LogP contribution in [0.2, 0.25) is 0 Å². The number of likely N-dealkylation sites (tertiary alicyclic amines) is 1. The number of benzene rings is 1. The van der Waals surface area contributed by atoms with E-state index in [0.29, 0.717) is 5.92 Å². The Morgan fingerprint density at radius 2 is 2.09 bits per heavy atom. The number of hydrogen-bond acceptors (Lipinski definition) is 5. The van der Waals surface area contributed by atoms with Gasteiger partial charge in [-0.15, -0.1) is 0 Å². The summed E-state index contributed by atoms with van der Waals surface area (Å²) >= 11 is 0. The van der Waals surface area contributed by atoms with Gasteiger partial charge in [0.25, 0.3) is 0 Å². The molecule has 0 amide bonds. The molecule has 2 heterocycles. The van der Waals surface area contributed by atoms with Crippen molar-refractivity contribution in [3.05, 3.63) is 47.5 Å². The number of hydrogen-bond donors (Lipinski definition) is 1. The molecule has 23 heavy (non-hydrogen) atoms. The number of rotatable bonds is 4. The number of aromatic nitrogens is 3. The highest BCUT2D eigenvalue weighted by molar-refractivity contribution is 5.78. The molecule has 0 bridgehead atoms. The topological polar surface area (TPSA) is 71.1 Å². The summed E-state index contributed by atoms with van der Waals surface area (Å²) in [5.74, 6) is 1.12. The number of carbonyl (C=O) groups excluding carboxylic acids is 1. The van der Waals surface area contributed by atoms with E-state index in [1.54, 1.807) is 6.33 Å². The van der Waals surface area contributed by atoms with Gasteiger partial charge in [0, 0.05) is 5.92 Å². The van der Waals surface area contributed by atoms with Crippen molar-refractivity contribution < 1.29 is 9.53 Å². The Morgan fingerprint density at radius 1 is 1.35 bits per heavy atom. The van der Waals surface area contributed by atoms with Gasteiger partial charge in [-0.1, -0.05) is 24.3 Å². The van der Waals surface area contributed by atoms with Crippen LogP contribution >= 0.6 is 0 Å². The number of nitrogens with zero attached hydrogens (tertiary/aromatic N) is 3. The third-order valence-electron chi connectivity index (χ3n) is 4.62. The molecule has 122 valence electrons. The maximum absolute atomic E-state index is 12.4. The summed E-state index contributed by atoms with van der Waals surface area (Å²) in [4.78, 5) is 18.8. The van der Waals surface area contributed by atoms with E-state index in [9.17, 15) is 4.79 Å². The quantitative estimate of drug-likeness (QED) is 0.876. The minimum absolute atomic E-state index is 0.197. The maximum atomic E-state index is 12.4. The van der Waals surface area contributed by atoms with Crippen molar-refractivity contribution in [2.24, 2.45) is 0 Å². The van der Waals surface area contributed by atoms with Crippen LogP contribution < -0.4 is 0 Å². The van der Waals surface area contributed by atoms with E-state index >= 15 is 0 Å². The summed E-state index contributed by atoms with van der Waals surface area (Å²) in [7, 11) is 1.45. The molecule has 1 N–H and O–H groups in total. The van der Waals surface area contributed by atoms with Crippen molar-refractivity contribution >= 4 is 5.97 Å². The lowest BCUT2D eigenvalue weighted by Gasteiger charge is -2.36. The summed E-state index contributed by atoms with van der Waals surface area (Å²) in [6.07, 6.45) is 3.45. The van der Waals surface area contributed by atoms with Crippen LogP contribution in [0.15, 0.2) is 30.6 Å². The van der Waals surface area contributed by atoms with Crippen LogP contribution in [0, 0.1) is 6.92 Å². The second-order valence-corrected chi connectivity index (χ2v) is 5.96. The first-order valence-corrected chi connectivity index (χ1v) is 7.93. The van der Waals surface area contributed by atoms with E-state index in [1.165, 1.54) is 7.11 Å². The number of aromatic amines is 1. The smallest absolute Gasteiger partial charge is 0.327 e. The molecule has 1 fully saturated rings. The van der Waals surface area contributed by atoms with Crippen molar-refractivity contribution in [1.29, 1.82) is 0 Å². The first-order chi connectivity index (χ1) is 11.2. The first-order valence-electron chi connectivity index (χ1n) is 7.93. The molecule has 1 aromatic heterocycles. The number of esters is 1. The largest absolute Gasteiger partial charge is 0.468 e. The number of H-pyrrole nitrogens is 1. The molecule has 3 rings (SSSR count). The average molecular weight is 314 g/mol. The molecule has 1 aliphatic rings. The summed E-state index contributed by atoms with van der Waals surface area (Å²) in [5.41, 5.74) is 2.14. The number of piperidine rings is 1. The van der Waals surface area contributed by atoms with Gasteiger partial charge >= 0.3 is 5.97 Å². The first kappa shape index (κ1) is 15.7. The fourth-order valence-corrected chi connectivity index (χ4v) is 3.32. The van der Waals surface area contributed by atoms with Crippen molar-refractivity contribution in [3.8, 4) is 0 Å². The molecule has 0 radical (unpaired) electrons. The van der Waals surface area contributed by atoms with E-state index in [4.69, 9.17) is 4.74 Å². The lowest BCUT2D eigenvalue weighted by atomic mass is 9.92. The van der Waals surface area contributed by atoms with Gasteiger partial charge in [-0.3, -0.25) is 10.00 Å². The zero-order chi connectivity index (χ0) is 16.2. The van der Waals surface area contributed by atoms with E-state index in [0.717, 1.165) is 42.9 Å². The third-order valence-corrected chi connectivity index (χ3v) is 4.62. The summed E-state index contributed by atoms with van der Waals surface area (Å²) < 4.78 is 5.06. The molecule has 1 aromatic carbocycles. The van der Waals surface area contributed by atoms with E-state index in [-0.39, 0.29) is 12.0 Å². The minimum Gasteiger partial charge on any atom is -0.468 e. The summed E-state index contributed by atoms with van der Waals surface area (Å²) in [5, 5.41) is 6.88. The molecule has 0 unspecified atom stereocenters. The molecule has 1 aliphatic heterocycles. The van der Waals surface area contributed by atoms with Crippen molar-refractivity contribution in [2.75, 3.05) is 20.2 Å². The maximum Gasteiger partial charge on any atom is 0.327 e. The fraction of sp³-hybridized carbons (Fsp3) is 0.471. The van der Waals surface area contributed by atoms with Crippen molar-refractivity contribution in [3.63, 3.8) is 0 Å². The molecule has 2 aromatic rings. The van der Waals surface area contributed by atoms with Crippen LogP contribution in [-0.2, 0) is 9.53 Å². The number of aryl methyl sites for hydroxylation is 1. The predicted molar refractivity (Wildman–Crippen MR) is 85.9 cm³/mol. The third kappa shape index (κ3) is 3.27. The normalized spacial score (nSPS) is 17.8. The molecular weight excluding hydrogens is 292 g/mol. The molecule has 1 atom stereocenters. The summed E-state index contributed by atoms with van der Waals surface area (Å²) in [6.45, 7) is 3.70. The Balaban J connectivity index is 1.77. The van der Waals surface area contributed by atoms with Gasteiger partial charge in [0.1, 0.15) is 18.2 Å². The van der Waals surface area contributed by atoms with Gasteiger partial charge in [-0.2, -0.15) is 5.10 Å². The van der Waals surface area contributed by atoms with Crippen LogP contribution in [-0.4, -0.2) is 46.2 Å². The van der Waals surface area contributed by atoms with Gasteiger partial charge in [0.15, 0.2) is 0 Å². The Bertz CT molecular complexity index is 648. The van der Waals surface area contributed by atoms with Crippen LogP contribution in [0.1, 0.15) is 41.8 Å². The van der Waals surface area contributed by atoms with Crippen LogP contribution in [0.4, 0.5) is 0 Å².